The highest BCUT2D eigenvalue weighted by Gasteiger charge is 2.10. The van der Waals surface area contributed by atoms with Crippen molar-refractivity contribution in [3.63, 3.8) is 0 Å². The number of aromatic nitrogens is 2. The summed E-state index contributed by atoms with van der Waals surface area (Å²) in [7, 11) is 0. The third-order valence-electron chi connectivity index (χ3n) is 2.41. The largest absolute Gasteiger partial charge is 0.456 e. The van der Waals surface area contributed by atoms with E-state index in [1.54, 1.807) is 12.3 Å². The van der Waals surface area contributed by atoms with E-state index < -0.39 is 0 Å². The highest BCUT2D eigenvalue weighted by Crippen LogP contribution is 2.31. The van der Waals surface area contributed by atoms with Crippen LogP contribution in [0.3, 0.4) is 0 Å². The lowest BCUT2D eigenvalue weighted by Crippen LogP contribution is -1.82. The van der Waals surface area contributed by atoms with E-state index in [4.69, 9.17) is 27.6 Å². The molecule has 5 heteroatoms. The first kappa shape index (κ1) is 10.6. The summed E-state index contributed by atoms with van der Waals surface area (Å²) in [5.74, 6) is 0.632. The quantitative estimate of drug-likeness (QED) is 0.619. The number of hydrogen-bond donors (Lipinski definition) is 0. The molecule has 2 aromatic heterocycles. The summed E-state index contributed by atoms with van der Waals surface area (Å²) in [6, 6.07) is 7.30. The minimum atomic E-state index is 0.366. The molecule has 3 nitrogen and oxygen atoms in total. The Labute approximate surface area is 107 Å². The van der Waals surface area contributed by atoms with Crippen molar-refractivity contribution in [2.24, 2.45) is 0 Å². The van der Waals surface area contributed by atoms with Crippen molar-refractivity contribution in [1.82, 2.24) is 9.97 Å². The van der Waals surface area contributed by atoms with Crippen LogP contribution in [0.5, 0.6) is 0 Å². The smallest absolute Gasteiger partial charge is 0.143 e. The zero-order valence-corrected chi connectivity index (χ0v) is 10.0. The van der Waals surface area contributed by atoms with Crippen LogP contribution in [0.25, 0.3) is 22.3 Å². The number of fused-ring (bicyclic) bond motifs is 1. The fraction of sp³-hybridized carbons (Fsp3) is 0. The molecule has 0 saturated heterocycles. The van der Waals surface area contributed by atoms with Crippen molar-refractivity contribution in [1.29, 1.82) is 0 Å². The predicted molar refractivity (Wildman–Crippen MR) is 67.3 cm³/mol. The van der Waals surface area contributed by atoms with Crippen LogP contribution in [0.15, 0.2) is 41.2 Å². The number of furan rings is 1. The molecule has 0 aliphatic heterocycles. The molecule has 0 radical (unpaired) electrons. The highest BCUT2D eigenvalue weighted by atomic mass is 35.5. The molecular formula is C12H6Cl2N2O. The first-order chi connectivity index (χ1) is 8.24. The lowest BCUT2D eigenvalue weighted by atomic mass is 10.2. The van der Waals surface area contributed by atoms with Crippen molar-refractivity contribution >= 4 is 34.2 Å². The molecule has 0 fully saturated rings. The maximum atomic E-state index is 5.98. The average Bonchev–Trinajstić information content (AvgIpc) is 2.72. The minimum absolute atomic E-state index is 0.366. The van der Waals surface area contributed by atoms with Gasteiger partial charge in [-0.25, -0.2) is 9.97 Å². The van der Waals surface area contributed by atoms with Crippen LogP contribution >= 0.6 is 23.2 Å². The van der Waals surface area contributed by atoms with Crippen molar-refractivity contribution in [3.05, 3.63) is 47.0 Å². The first-order valence-corrected chi connectivity index (χ1v) is 5.64. The number of hydrogen-bond acceptors (Lipinski definition) is 3. The molecule has 3 rings (SSSR count). The Morgan fingerprint density at radius 1 is 1.12 bits per heavy atom. The molecule has 2 heterocycles. The molecular weight excluding hydrogens is 259 g/mol. The van der Waals surface area contributed by atoms with Crippen LogP contribution in [-0.2, 0) is 0 Å². The summed E-state index contributed by atoms with van der Waals surface area (Å²) in [5.41, 5.74) is 1.42. The summed E-state index contributed by atoms with van der Waals surface area (Å²) in [4.78, 5) is 7.84. The molecule has 0 unspecified atom stereocenters. The molecule has 1 aromatic carbocycles. The second-order valence-corrected chi connectivity index (χ2v) is 4.31. The van der Waals surface area contributed by atoms with Gasteiger partial charge < -0.3 is 4.42 Å². The van der Waals surface area contributed by atoms with Gasteiger partial charge in [-0.1, -0.05) is 23.2 Å². The summed E-state index contributed by atoms with van der Waals surface area (Å²) in [6.07, 6.45) is 3.01. The van der Waals surface area contributed by atoms with Gasteiger partial charge in [0.05, 0.1) is 5.56 Å². The van der Waals surface area contributed by atoms with Gasteiger partial charge in [0.15, 0.2) is 0 Å². The van der Waals surface area contributed by atoms with Crippen molar-refractivity contribution in [2.45, 2.75) is 0 Å². The van der Waals surface area contributed by atoms with Gasteiger partial charge in [-0.15, -0.1) is 0 Å². The monoisotopic (exact) mass is 264 g/mol. The molecule has 0 bridgehead atoms. The van der Waals surface area contributed by atoms with Crippen molar-refractivity contribution in [2.75, 3.05) is 0 Å². The van der Waals surface area contributed by atoms with Gasteiger partial charge in [-0.3, -0.25) is 0 Å². The second kappa shape index (κ2) is 4.02. The van der Waals surface area contributed by atoms with E-state index in [9.17, 15) is 0 Å². The van der Waals surface area contributed by atoms with Crippen LogP contribution in [0, 0.1) is 0 Å². The summed E-state index contributed by atoms with van der Waals surface area (Å²) in [6.45, 7) is 0. The van der Waals surface area contributed by atoms with Crippen LogP contribution in [0.1, 0.15) is 0 Å². The first-order valence-electron chi connectivity index (χ1n) is 4.89. The van der Waals surface area contributed by atoms with Crippen LogP contribution in [-0.4, -0.2) is 9.97 Å². The molecule has 0 spiro atoms. The SMILES string of the molecule is Clc1ccc2oc(-c3cncnc3Cl)cc2c1. The maximum absolute atomic E-state index is 5.98. The molecule has 0 aliphatic rings. The van der Waals surface area contributed by atoms with E-state index in [1.165, 1.54) is 6.33 Å². The second-order valence-electron chi connectivity index (χ2n) is 3.52. The number of rotatable bonds is 1. The fourth-order valence-corrected chi connectivity index (χ4v) is 1.99. The van der Waals surface area contributed by atoms with Gasteiger partial charge >= 0.3 is 0 Å². The fourth-order valence-electron chi connectivity index (χ4n) is 1.63. The predicted octanol–water partition coefficient (Wildman–Crippen LogP) is 4.20. The topological polar surface area (TPSA) is 38.9 Å². The van der Waals surface area contributed by atoms with Crippen molar-refractivity contribution < 1.29 is 4.42 Å². The molecule has 84 valence electrons. The van der Waals surface area contributed by atoms with Gasteiger partial charge in [-0.2, -0.15) is 0 Å². The number of halogens is 2. The Balaban J connectivity index is 2.22. The van der Waals surface area contributed by atoms with Gasteiger partial charge in [-0.05, 0) is 24.3 Å². The van der Waals surface area contributed by atoms with E-state index in [0.717, 1.165) is 11.0 Å². The maximum Gasteiger partial charge on any atom is 0.143 e. The average molecular weight is 265 g/mol. The third kappa shape index (κ3) is 1.88. The molecule has 0 N–H and O–H groups in total. The standard InChI is InChI=1S/C12H6Cl2N2O/c13-8-1-2-10-7(3-8)4-11(17-10)9-5-15-6-16-12(9)14/h1-6H. The Hall–Kier alpha value is -1.58. The van der Waals surface area contributed by atoms with Gasteiger partial charge in [0, 0.05) is 16.6 Å². The highest BCUT2D eigenvalue weighted by molar-refractivity contribution is 6.32. The molecule has 0 amide bonds. The Morgan fingerprint density at radius 3 is 2.82 bits per heavy atom. The molecule has 0 atom stereocenters. The Morgan fingerprint density at radius 2 is 2.00 bits per heavy atom. The zero-order valence-electron chi connectivity index (χ0n) is 8.52. The number of nitrogens with zero attached hydrogens (tertiary/aromatic N) is 2. The lowest BCUT2D eigenvalue weighted by Gasteiger charge is -1.96. The molecule has 0 aliphatic carbocycles. The van der Waals surface area contributed by atoms with Crippen LogP contribution in [0.2, 0.25) is 10.2 Å². The van der Waals surface area contributed by atoms with E-state index in [2.05, 4.69) is 9.97 Å². The van der Waals surface area contributed by atoms with E-state index in [1.807, 2.05) is 18.2 Å². The number of benzene rings is 1. The normalized spacial score (nSPS) is 10.9. The van der Waals surface area contributed by atoms with Gasteiger partial charge in [0.1, 0.15) is 22.8 Å². The summed E-state index contributed by atoms with van der Waals surface area (Å²) < 4.78 is 5.67. The zero-order chi connectivity index (χ0) is 11.8. The van der Waals surface area contributed by atoms with E-state index >= 15 is 0 Å². The Kier molecular flexibility index (Phi) is 2.50. The molecule has 17 heavy (non-hydrogen) atoms. The third-order valence-corrected chi connectivity index (χ3v) is 2.94. The van der Waals surface area contributed by atoms with E-state index in [-0.39, 0.29) is 0 Å². The molecule has 3 aromatic rings. The summed E-state index contributed by atoms with van der Waals surface area (Å²) >= 11 is 11.9. The van der Waals surface area contributed by atoms with Gasteiger partial charge in [0.2, 0.25) is 0 Å². The van der Waals surface area contributed by atoms with Gasteiger partial charge in [0.25, 0.3) is 0 Å². The molecule has 0 saturated carbocycles. The lowest BCUT2D eigenvalue weighted by molar-refractivity contribution is 0.631. The van der Waals surface area contributed by atoms with Crippen LogP contribution < -0.4 is 0 Å². The Bertz CT molecular complexity index is 694. The van der Waals surface area contributed by atoms with Crippen LogP contribution in [0.4, 0.5) is 0 Å². The van der Waals surface area contributed by atoms with E-state index in [0.29, 0.717) is 21.5 Å². The van der Waals surface area contributed by atoms with Crippen molar-refractivity contribution in [3.8, 4) is 11.3 Å². The summed E-state index contributed by atoms with van der Waals surface area (Å²) in [5, 5.41) is 1.96. The minimum Gasteiger partial charge on any atom is -0.456 e.